The van der Waals surface area contributed by atoms with Crippen LogP contribution in [0.5, 0.6) is 0 Å². The summed E-state index contributed by atoms with van der Waals surface area (Å²) in [6.07, 6.45) is 0.973. The fourth-order valence-electron chi connectivity index (χ4n) is 1.00. The van der Waals surface area contributed by atoms with Crippen LogP contribution in [-0.4, -0.2) is 41.2 Å². The van der Waals surface area contributed by atoms with Gasteiger partial charge in [0.05, 0.1) is 0 Å². The fourth-order valence-corrected chi connectivity index (χ4v) is 1.00. The summed E-state index contributed by atoms with van der Waals surface area (Å²) in [5.41, 5.74) is 0. The first kappa shape index (κ1) is 13.1. The lowest BCUT2D eigenvalue weighted by molar-refractivity contribution is -0.140. The third-order valence-electron chi connectivity index (χ3n) is 1.90. The van der Waals surface area contributed by atoms with E-state index >= 15 is 0 Å². The molecule has 0 radical (unpaired) electrons. The lowest BCUT2D eigenvalue weighted by Crippen LogP contribution is -2.38. The number of hydrogen-bond acceptors (Lipinski definition) is 4. The minimum Gasteiger partial charge on any atom is -0.480 e. The molecular weight excluding hydrogens is 186 g/mol. The summed E-state index contributed by atoms with van der Waals surface area (Å²) in [6, 6.07) is -0.760. The molecule has 0 fully saturated rings. The molecule has 0 aliphatic carbocycles. The van der Waals surface area contributed by atoms with E-state index in [0.717, 1.165) is 0 Å². The molecule has 0 amide bonds. The van der Waals surface area contributed by atoms with Gasteiger partial charge in [0, 0.05) is 26.0 Å². The summed E-state index contributed by atoms with van der Waals surface area (Å²) in [5, 5.41) is 19.9. The van der Waals surface area contributed by atoms with Crippen LogP contribution >= 0.6 is 0 Å². The van der Waals surface area contributed by atoms with Gasteiger partial charge in [-0.3, -0.25) is 9.59 Å². The maximum Gasteiger partial charge on any atom is 0.320 e. The summed E-state index contributed by atoms with van der Waals surface area (Å²) >= 11 is 0. The van der Waals surface area contributed by atoms with E-state index < -0.39 is 12.0 Å². The van der Waals surface area contributed by atoms with E-state index in [2.05, 4.69) is 5.32 Å². The zero-order valence-corrected chi connectivity index (χ0v) is 8.32. The number of carboxylic acid groups (broad SMARTS) is 1. The Bertz CT molecular complexity index is 193. The van der Waals surface area contributed by atoms with Crippen LogP contribution in [0.25, 0.3) is 0 Å². The summed E-state index contributed by atoms with van der Waals surface area (Å²) < 4.78 is 0. The van der Waals surface area contributed by atoms with E-state index in [0.29, 0.717) is 19.4 Å². The highest BCUT2D eigenvalue weighted by molar-refractivity contribution is 5.78. The fraction of sp³-hybridized carbons (Fsp3) is 0.778. The van der Waals surface area contributed by atoms with Crippen molar-refractivity contribution in [3.8, 4) is 0 Å². The molecule has 3 N–H and O–H groups in total. The van der Waals surface area contributed by atoms with Gasteiger partial charge >= 0.3 is 5.97 Å². The number of aliphatic hydroxyl groups excluding tert-OH is 1. The Hall–Kier alpha value is -0.940. The van der Waals surface area contributed by atoms with Crippen LogP contribution in [0.2, 0.25) is 0 Å². The molecule has 82 valence electrons. The highest BCUT2D eigenvalue weighted by Crippen LogP contribution is 1.93. The number of hydrogen-bond donors (Lipinski definition) is 3. The quantitative estimate of drug-likeness (QED) is 0.507. The standard InChI is InChI=1S/C9H17NO4/c1-2-7(12)3-5-10-8(4-6-11)9(13)14/h8,10-11H,2-6H2,1H3,(H,13,14)/t8-/m0/s1. The van der Waals surface area contributed by atoms with Crippen molar-refractivity contribution in [2.45, 2.75) is 32.2 Å². The van der Waals surface area contributed by atoms with Crippen LogP contribution in [-0.2, 0) is 9.59 Å². The topological polar surface area (TPSA) is 86.6 Å². The molecular formula is C9H17NO4. The second-order valence-electron chi connectivity index (χ2n) is 3.00. The third kappa shape index (κ3) is 5.66. The van der Waals surface area contributed by atoms with Gasteiger partial charge in [-0.05, 0) is 6.42 Å². The van der Waals surface area contributed by atoms with Gasteiger partial charge in [0.2, 0.25) is 0 Å². The first-order valence-electron chi connectivity index (χ1n) is 4.70. The maximum atomic E-state index is 10.9. The van der Waals surface area contributed by atoms with Gasteiger partial charge < -0.3 is 15.5 Å². The molecule has 0 heterocycles. The number of Topliss-reactive ketones (excluding diaryl/α,β-unsaturated/α-hetero) is 1. The van der Waals surface area contributed by atoms with Crippen molar-refractivity contribution in [2.75, 3.05) is 13.2 Å². The van der Waals surface area contributed by atoms with Gasteiger partial charge in [-0.15, -0.1) is 0 Å². The number of nitrogens with one attached hydrogen (secondary N) is 1. The lowest BCUT2D eigenvalue weighted by atomic mass is 10.2. The molecule has 0 spiro atoms. The highest BCUT2D eigenvalue weighted by atomic mass is 16.4. The molecule has 0 aromatic rings. The van der Waals surface area contributed by atoms with E-state index in [9.17, 15) is 9.59 Å². The maximum absolute atomic E-state index is 10.9. The van der Waals surface area contributed by atoms with Gasteiger partial charge in [-0.2, -0.15) is 0 Å². The number of aliphatic carboxylic acids is 1. The molecule has 0 saturated carbocycles. The van der Waals surface area contributed by atoms with Crippen LogP contribution in [0.3, 0.4) is 0 Å². The summed E-state index contributed by atoms with van der Waals surface area (Å²) in [4.78, 5) is 21.5. The molecule has 0 bridgehead atoms. The molecule has 14 heavy (non-hydrogen) atoms. The van der Waals surface area contributed by atoms with Crippen molar-refractivity contribution < 1.29 is 19.8 Å². The van der Waals surface area contributed by atoms with Crippen molar-refractivity contribution in [1.29, 1.82) is 0 Å². The zero-order valence-electron chi connectivity index (χ0n) is 8.32. The molecule has 0 unspecified atom stereocenters. The van der Waals surface area contributed by atoms with E-state index in [4.69, 9.17) is 10.2 Å². The van der Waals surface area contributed by atoms with Crippen LogP contribution in [0.1, 0.15) is 26.2 Å². The minimum atomic E-state index is -0.997. The highest BCUT2D eigenvalue weighted by Gasteiger charge is 2.15. The van der Waals surface area contributed by atoms with Crippen LogP contribution in [0, 0.1) is 0 Å². The van der Waals surface area contributed by atoms with Gasteiger partial charge in [0.25, 0.3) is 0 Å². The summed E-state index contributed by atoms with van der Waals surface area (Å²) in [7, 11) is 0. The average molecular weight is 203 g/mol. The second kappa shape index (κ2) is 7.46. The number of carboxylic acids is 1. The van der Waals surface area contributed by atoms with Gasteiger partial charge in [-0.1, -0.05) is 6.92 Å². The Balaban J connectivity index is 3.71. The van der Waals surface area contributed by atoms with E-state index in [-0.39, 0.29) is 18.8 Å². The molecule has 0 aliphatic heterocycles. The Kier molecular flexibility index (Phi) is 6.96. The molecule has 1 atom stereocenters. The van der Waals surface area contributed by atoms with Crippen LogP contribution in [0.4, 0.5) is 0 Å². The number of ketones is 1. The van der Waals surface area contributed by atoms with E-state index in [1.807, 2.05) is 0 Å². The van der Waals surface area contributed by atoms with Crippen LogP contribution in [0.15, 0.2) is 0 Å². The molecule has 0 aromatic heterocycles. The Labute approximate surface area is 83.1 Å². The first-order chi connectivity index (χ1) is 6.61. The van der Waals surface area contributed by atoms with Gasteiger partial charge in [-0.25, -0.2) is 0 Å². The Morgan fingerprint density at radius 1 is 1.43 bits per heavy atom. The molecule has 0 rings (SSSR count). The van der Waals surface area contributed by atoms with Crippen molar-refractivity contribution in [1.82, 2.24) is 5.32 Å². The Morgan fingerprint density at radius 2 is 2.07 bits per heavy atom. The van der Waals surface area contributed by atoms with Crippen molar-refractivity contribution in [3.63, 3.8) is 0 Å². The SMILES string of the molecule is CCC(=O)CCN[C@@H](CCO)C(=O)O. The lowest BCUT2D eigenvalue weighted by Gasteiger charge is -2.12. The van der Waals surface area contributed by atoms with Gasteiger partial charge in [0.1, 0.15) is 11.8 Å². The number of rotatable bonds is 8. The Morgan fingerprint density at radius 3 is 2.50 bits per heavy atom. The van der Waals surface area contributed by atoms with Gasteiger partial charge in [0.15, 0.2) is 0 Å². The van der Waals surface area contributed by atoms with Crippen molar-refractivity contribution in [3.05, 3.63) is 0 Å². The molecule has 0 aliphatic rings. The smallest absolute Gasteiger partial charge is 0.320 e. The van der Waals surface area contributed by atoms with E-state index in [1.54, 1.807) is 6.92 Å². The first-order valence-corrected chi connectivity index (χ1v) is 4.70. The summed E-state index contributed by atoms with van der Waals surface area (Å²) in [5.74, 6) is -0.895. The normalized spacial score (nSPS) is 12.4. The summed E-state index contributed by atoms with van der Waals surface area (Å²) in [6.45, 7) is 1.94. The van der Waals surface area contributed by atoms with Crippen molar-refractivity contribution in [2.24, 2.45) is 0 Å². The molecule has 5 nitrogen and oxygen atoms in total. The minimum absolute atomic E-state index is 0.102. The molecule has 0 aromatic carbocycles. The monoisotopic (exact) mass is 203 g/mol. The second-order valence-corrected chi connectivity index (χ2v) is 3.00. The molecule has 5 heteroatoms. The predicted octanol–water partition coefficient (Wildman–Crippen LogP) is -0.219. The zero-order chi connectivity index (χ0) is 11.0. The number of carbonyl (C=O) groups excluding carboxylic acids is 1. The van der Waals surface area contributed by atoms with E-state index in [1.165, 1.54) is 0 Å². The third-order valence-corrected chi connectivity index (χ3v) is 1.90. The largest absolute Gasteiger partial charge is 0.480 e. The molecule has 0 saturated heterocycles. The average Bonchev–Trinajstić information content (AvgIpc) is 2.16. The predicted molar refractivity (Wildman–Crippen MR) is 51.0 cm³/mol. The van der Waals surface area contributed by atoms with Crippen LogP contribution < -0.4 is 5.32 Å². The number of aliphatic hydroxyl groups is 1. The van der Waals surface area contributed by atoms with Crippen molar-refractivity contribution >= 4 is 11.8 Å². The number of carbonyl (C=O) groups is 2.